The van der Waals surface area contributed by atoms with Gasteiger partial charge in [-0.25, -0.2) is 12.8 Å². The Morgan fingerprint density at radius 2 is 1.55 bits per heavy atom. The molecule has 14 heteroatoms. The fourth-order valence-corrected chi connectivity index (χ4v) is 8.35. The minimum absolute atomic E-state index is 0.00447. The molecule has 2 saturated carbocycles. The van der Waals surface area contributed by atoms with Crippen molar-refractivity contribution in [3.05, 3.63) is 77.6 Å². The Kier molecular flexibility index (Phi) is 6.76. The predicted molar refractivity (Wildman–Crippen MR) is 143 cm³/mol. The zero-order valence-corrected chi connectivity index (χ0v) is 23.5. The van der Waals surface area contributed by atoms with Gasteiger partial charge in [-0.1, -0.05) is 12.1 Å². The quantitative estimate of drug-likeness (QED) is 0.291. The van der Waals surface area contributed by atoms with Gasteiger partial charge in [-0.2, -0.15) is 26.3 Å². The van der Waals surface area contributed by atoms with Crippen LogP contribution in [0.4, 0.5) is 36.4 Å². The Hall–Kier alpha value is -3.81. The standard InChI is InChI=1S/C30H24F7NO5S/c31-21-11-18(10-20(13-21)30(35,36)37)17-4-5-24-23(12-17)38(44(41,42)22-3-1-2-19(14-22)29(32,33)34)15-25(43-24)27-6-8-28(16-27,9-7-27)26(39)40/h1-5,10-14,25H,6-9,15-16H2,(H,39,40)/t25-,27?,28?/m1/s1. The van der Waals surface area contributed by atoms with Crippen molar-refractivity contribution in [1.82, 2.24) is 0 Å². The van der Waals surface area contributed by atoms with E-state index in [9.17, 15) is 49.1 Å². The molecular weight excluding hydrogens is 619 g/mol. The number of nitrogens with zero attached hydrogens (tertiary/aromatic N) is 1. The topological polar surface area (TPSA) is 83.9 Å². The summed E-state index contributed by atoms with van der Waals surface area (Å²) < 4.78 is 130. The van der Waals surface area contributed by atoms with E-state index >= 15 is 0 Å². The number of aliphatic carboxylic acids is 1. The van der Waals surface area contributed by atoms with Crippen LogP contribution in [-0.2, 0) is 27.2 Å². The first-order valence-electron chi connectivity index (χ1n) is 13.6. The highest BCUT2D eigenvalue weighted by molar-refractivity contribution is 7.92. The first-order valence-corrected chi connectivity index (χ1v) is 15.0. The van der Waals surface area contributed by atoms with Gasteiger partial charge in [0.25, 0.3) is 10.0 Å². The number of hydrogen-bond acceptors (Lipinski definition) is 4. The van der Waals surface area contributed by atoms with Crippen LogP contribution in [-0.4, -0.2) is 32.1 Å². The number of anilines is 1. The van der Waals surface area contributed by atoms with E-state index in [1.165, 1.54) is 18.2 Å². The average Bonchev–Trinajstić information content (AvgIpc) is 3.55. The van der Waals surface area contributed by atoms with Crippen molar-refractivity contribution in [1.29, 1.82) is 0 Å². The maximum absolute atomic E-state index is 14.2. The molecule has 2 bridgehead atoms. The lowest BCUT2D eigenvalue weighted by atomic mass is 9.78. The number of hydrogen-bond donors (Lipinski definition) is 1. The molecule has 3 aromatic rings. The number of halogens is 7. The lowest BCUT2D eigenvalue weighted by Gasteiger charge is -2.43. The summed E-state index contributed by atoms with van der Waals surface area (Å²) in [7, 11) is -4.73. The number of alkyl halides is 6. The minimum atomic E-state index is -4.87. The van der Waals surface area contributed by atoms with E-state index in [2.05, 4.69) is 0 Å². The van der Waals surface area contributed by atoms with Crippen LogP contribution in [0.25, 0.3) is 11.1 Å². The molecule has 0 aromatic heterocycles. The summed E-state index contributed by atoms with van der Waals surface area (Å²) in [4.78, 5) is 11.4. The van der Waals surface area contributed by atoms with Gasteiger partial charge < -0.3 is 9.84 Å². The van der Waals surface area contributed by atoms with Crippen LogP contribution < -0.4 is 9.04 Å². The second-order valence-corrected chi connectivity index (χ2v) is 13.6. The largest absolute Gasteiger partial charge is 0.486 e. The van der Waals surface area contributed by atoms with Crippen LogP contribution in [0.1, 0.15) is 43.2 Å². The van der Waals surface area contributed by atoms with Crippen molar-refractivity contribution < 1.29 is 53.8 Å². The number of carboxylic acid groups (broad SMARTS) is 1. The summed E-state index contributed by atoms with van der Waals surface area (Å²) in [6.45, 7) is -0.387. The Labute approximate surface area is 247 Å². The van der Waals surface area contributed by atoms with Gasteiger partial charge in [0.05, 0.1) is 33.7 Å². The van der Waals surface area contributed by atoms with E-state index in [1.807, 2.05) is 0 Å². The third-order valence-electron chi connectivity index (χ3n) is 9.17. The highest BCUT2D eigenvalue weighted by Gasteiger charge is 2.62. The molecule has 1 atom stereocenters. The number of ether oxygens (including phenoxy) is 1. The maximum atomic E-state index is 14.2. The van der Waals surface area contributed by atoms with Gasteiger partial charge in [0.15, 0.2) is 0 Å². The molecule has 44 heavy (non-hydrogen) atoms. The molecular formula is C30H24F7NO5S. The number of benzene rings is 3. The first-order chi connectivity index (χ1) is 20.4. The second-order valence-electron chi connectivity index (χ2n) is 11.7. The van der Waals surface area contributed by atoms with Crippen molar-refractivity contribution >= 4 is 21.7 Å². The summed E-state index contributed by atoms with van der Waals surface area (Å²) in [6, 6.07) is 8.85. The van der Waals surface area contributed by atoms with Crippen molar-refractivity contribution in [3.8, 4) is 16.9 Å². The first kappa shape index (κ1) is 30.2. The van der Waals surface area contributed by atoms with Gasteiger partial charge in [0.2, 0.25) is 0 Å². The SMILES string of the molecule is O=C(O)C12CCC([C@H]3CN(S(=O)(=O)c4cccc(C(F)(F)F)c4)c4cc(-c5cc(F)cc(C(F)(F)F)c5)ccc4O3)(CC1)C2. The van der Waals surface area contributed by atoms with Gasteiger partial charge in [-0.05, 0) is 91.8 Å². The summed E-state index contributed by atoms with van der Waals surface area (Å²) in [5, 5.41) is 9.87. The molecule has 2 aliphatic carbocycles. The molecule has 6 rings (SSSR count). The zero-order chi connectivity index (χ0) is 31.9. The average molecular weight is 644 g/mol. The summed E-state index contributed by atoms with van der Waals surface area (Å²) in [5.41, 5.74) is -4.54. The lowest BCUT2D eigenvalue weighted by Crippen LogP contribution is -2.50. The zero-order valence-electron chi connectivity index (χ0n) is 22.7. The molecule has 0 amide bonds. The molecule has 1 N–H and O–H groups in total. The molecule has 3 aromatic carbocycles. The molecule has 2 fully saturated rings. The predicted octanol–water partition coefficient (Wildman–Crippen LogP) is 7.52. The van der Waals surface area contributed by atoms with Gasteiger partial charge in [0, 0.05) is 5.41 Å². The third-order valence-corrected chi connectivity index (χ3v) is 10.9. The fraction of sp³-hybridized carbons (Fsp3) is 0.367. The second kappa shape index (κ2) is 9.85. The Balaban J connectivity index is 1.47. The van der Waals surface area contributed by atoms with Gasteiger partial charge in [-0.15, -0.1) is 0 Å². The van der Waals surface area contributed by atoms with E-state index in [-0.39, 0.29) is 35.5 Å². The number of carboxylic acids is 1. The molecule has 3 aliphatic rings. The highest BCUT2D eigenvalue weighted by atomic mass is 32.2. The van der Waals surface area contributed by atoms with Crippen LogP contribution in [0.2, 0.25) is 0 Å². The lowest BCUT2D eigenvalue weighted by molar-refractivity contribution is -0.148. The Morgan fingerprint density at radius 1 is 0.864 bits per heavy atom. The third kappa shape index (κ3) is 4.96. The van der Waals surface area contributed by atoms with Crippen molar-refractivity contribution in [2.75, 3.05) is 10.8 Å². The van der Waals surface area contributed by atoms with Crippen LogP contribution in [0.5, 0.6) is 5.75 Å². The monoisotopic (exact) mass is 643 g/mol. The van der Waals surface area contributed by atoms with Crippen LogP contribution in [0.3, 0.4) is 0 Å². The summed E-state index contributed by atoms with van der Waals surface area (Å²) >= 11 is 0. The van der Waals surface area contributed by atoms with Gasteiger partial charge >= 0.3 is 18.3 Å². The van der Waals surface area contributed by atoms with E-state index < -0.39 is 67.1 Å². The smallest absolute Gasteiger partial charge is 0.416 e. The maximum Gasteiger partial charge on any atom is 0.416 e. The van der Waals surface area contributed by atoms with E-state index in [1.54, 1.807) is 0 Å². The van der Waals surface area contributed by atoms with E-state index in [0.29, 0.717) is 43.9 Å². The number of rotatable bonds is 5. The molecule has 6 nitrogen and oxygen atoms in total. The van der Waals surface area contributed by atoms with Crippen molar-refractivity contribution in [3.63, 3.8) is 0 Å². The fourth-order valence-electron chi connectivity index (χ4n) is 6.84. The molecule has 0 saturated heterocycles. The normalized spacial score (nSPS) is 25.1. The van der Waals surface area contributed by atoms with Crippen molar-refractivity contribution in [2.45, 2.75) is 55.5 Å². The minimum Gasteiger partial charge on any atom is -0.486 e. The highest BCUT2D eigenvalue weighted by Crippen LogP contribution is 2.64. The van der Waals surface area contributed by atoms with Gasteiger partial charge in [0.1, 0.15) is 17.7 Å². The van der Waals surface area contributed by atoms with Crippen molar-refractivity contribution in [2.24, 2.45) is 10.8 Å². The molecule has 234 valence electrons. The summed E-state index contributed by atoms with van der Waals surface area (Å²) in [5.74, 6) is -2.15. The van der Waals surface area contributed by atoms with E-state index in [4.69, 9.17) is 4.74 Å². The molecule has 1 heterocycles. The number of fused-ring (bicyclic) bond motifs is 3. The summed E-state index contributed by atoms with van der Waals surface area (Å²) in [6.07, 6.45) is -8.77. The van der Waals surface area contributed by atoms with Crippen LogP contribution in [0, 0.1) is 16.6 Å². The van der Waals surface area contributed by atoms with Crippen LogP contribution in [0.15, 0.2) is 65.6 Å². The van der Waals surface area contributed by atoms with Crippen LogP contribution >= 0.6 is 0 Å². The molecule has 0 unspecified atom stereocenters. The Morgan fingerprint density at radius 3 is 2.16 bits per heavy atom. The number of sulfonamides is 1. The molecule has 0 radical (unpaired) electrons. The van der Waals surface area contributed by atoms with E-state index in [0.717, 1.165) is 28.6 Å². The molecule has 0 spiro atoms. The Bertz CT molecular complexity index is 1760. The number of carbonyl (C=O) groups is 1. The van der Waals surface area contributed by atoms with Gasteiger partial charge in [-0.3, -0.25) is 9.10 Å². The molecule has 1 aliphatic heterocycles.